The highest BCUT2D eigenvalue weighted by Gasteiger charge is 2.48. The van der Waals surface area contributed by atoms with Crippen LogP contribution in [0.5, 0.6) is 0 Å². The van der Waals surface area contributed by atoms with E-state index in [4.69, 9.17) is 0 Å². The van der Waals surface area contributed by atoms with Gasteiger partial charge in [0.1, 0.15) is 0 Å². The van der Waals surface area contributed by atoms with E-state index >= 15 is 0 Å². The summed E-state index contributed by atoms with van der Waals surface area (Å²) in [5, 5.41) is 5.23. The fourth-order valence-corrected chi connectivity index (χ4v) is 9.22. The van der Waals surface area contributed by atoms with Crippen LogP contribution in [-0.2, 0) is 10.8 Å². The first kappa shape index (κ1) is 27.4. The van der Waals surface area contributed by atoms with E-state index in [-0.39, 0.29) is 5.41 Å². The molecule has 0 radical (unpaired) electrons. The summed E-state index contributed by atoms with van der Waals surface area (Å²) < 4.78 is 0. The third kappa shape index (κ3) is 3.50. The van der Waals surface area contributed by atoms with Gasteiger partial charge in [-0.2, -0.15) is 0 Å². The van der Waals surface area contributed by atoms with Crippen molar-refractivity contribution in [1.82, 2.24) is 0 Å². The highest BCUT2D eigenvalue weighted by Crippen LogP contribution is 2.61. The van der Waals surface area contributed by atoms with E-state index in [0.29, 0.717) is 0 Å². The van der Waals surface area contributed by atoms with Gasteiger partial charge in [0.05, 0.1) is 5.41 Å². The van der Waals surface area contributed by atoms with Gasteiger partial charge >= 0.3 is 0 Å². The van der Waals surface area contributed by atoms with Gasteiger partial charge in [-0.1, -0.05) is 172 Å². The van der Waals surface area contributed by atoms with Gasteiger partial charge in [0, 0.05) is 5.41 Å². The molecule has 0 aliphatic heterocycles. The Balaban J connectivity index is 1.32. The SMILES string of the molecule is CC1(C)c2ccccc2-c2ccc(-c3ccc4c(c3)C(c3ccccc3)(c3ccccc3)c3c-4c4ccccc4c4ccccc34)cc21. The molecule has 0 fully saturated rings. The van der Waals surface area contributed by atoms with Crippen LogP contribution in [0, 0.1) is 0 Å². The van der Waals surface area contributed by atoms with Crippen molar-refractivity contribution in [2.24, 2.45) is 0 Å². The maximum atomic E-state index is 2.51. The molecule has 2 aliphatic rings. The van der Waals surface area contributed by atoms with Crippen LogP contribution in [-0.4, -0.2) is 0 Å². The van der Waals surface area contributed by atoms with Crippen molar-refractivity contribution in [3.8, 4) is 33.4 Å². The van der Waals surface area contributed by atoms with Gasteiger partial charge in [-0.25, -0.2) is 0 Å². The molecule has 48 heavy (non-hydrogen) atoms. The quantitative estimate of drug-likeness (QED) is 0.175. The van der Waals surface area contributed by atoms with Crippen LogP contribution in [0.4, 0.5) is 0 Å². The van der Waals surface area contributed by atoms with E-state index in [1.165, 1.54) is 88.3 Å². The lowest BCUT2D eigenvalue weighted by atomic mass is 9.66. The fourth-order valence-electron chi connectivity index (χ4n) is 9.22. The zero-order chi connectivity index (χ0) is 32.0. The highest BCUT2D eigenvalue weighted by molar-refractivity contribution is 6.19. The Morgan fingerprint density at radius 2 is 0.833 bits per heavy atom. The summed E-state index contributed by atoms with van der Waals surface area (Å²) in [4.78, 5) is 0. The van der Waals surface area contributed by atoms with Crippen LogP contribution in [0.15, 0.2) is 170 Å². The van der Waals surface area contributed by atoms with Gasteiger partial charge in [-0.15, -0.1) is 0 Å². The molecule has 0 spiro atoms. The second-order valence-electron chi connectivity index (χ2n) is 14.0. The number of fused-ring (bicyclic) bond motifs is 11. The van der Waals surface area contributed by atoms with Crippen molar-refractivity contribution in [3.63, 3.8) is 0 Å². The van der Waals surface area contributed by atoms with Gasteiger partial charge < -0.3 is 0 Å². The normalized spacial score (nSPS) is 14.8. The smallest absolute Gasteiger partial charge is 0.0622 e. The van der Waals surface area contributed by atoms with Crippen LogP contribution < -0.4 is 0 Å². The Morgan fingerprint density at radius 1 is 0.354 bits per heavy atom. The summed E-state index contributed by atoms with van der Waals surface area (Å²) in [6.45, 7) is 4.74. The van der Waals surface area contributed by atoms with E-state index in [1.54, 1.807) is 0 Å². The number of hydrogen-bond acceptors (Lipinski definition) is 0. The van der Waals surface area contributed by atoms with Crippen molar-refractivity contribution in [2.45, 2.75) is 24.7 Å². The molecule has 10 rings (SSSR count). The average Bonchev–Trinajstić information content (AvgIpc) is 3.59. The molecule has 2 aliphatic carbocycles. The van der Waals surface area contributed by atoms with E-state index in [0.717, 1.165) is 0 Å². The standard InChI is InChI=1S/C48H34/c1-47(2)42-24-14-13-21-37(42)38-27-25-31(29-43(38)47)32-26-28-41-44(30-32)48(33-15-5-3-6-16-33,34-17-7-4-8-18-34)46-40-23-12-10-20-36(40)35-19-9-11-22-39(35)45(41)46/h3-30H,1-2H3. The lowest BCUT2D eigenvalue weighted by Gasteiger charge is -2.35. The third-order valence-electron chi connectivity index (χ3n) is 11.3. The van der Waals surface area contributed by atoms with Crippen LogP contribution in [0.3, 0.4) is 0 Å². The van der Waals surface area contributed by atoms with Crippen LogP contribution in [0.1, 0.15) is 47.2 Å². The molecule has 0 amide bonds. The first-order valence-corrected chi connectivity index (χ1v) is 17.0. The second kappa shape index (κ2) is 9.89. The van der Waals surface area contributed by atoms with E-state index in [1.807, 2.05) is 0 Å². The van der Waals surface area contributed by atoms with Gasteiger partial charge in [0.25, 0.3) is 0 Å². The number of hydrogen-bond donors (Lipinski definition) is 0. The molecule has 0 heteroatoms. The summed E-state index contributed by atoms with van der Waals surface area (Å²) in [6.07, 6.45) is 0. The molecular weight excluding hydrogens is 577 g/mol. The predicted molar refractivity (Wildman–Crippen MR) is 202 cm³/mol. The number of rotatable bonds is 3. The van der Waals surface area contributed by atoms with E-state index < -0.39 is 5.41 Å². The first-order chi connectivity index (χ1) is 23.6. The number of benzene rings is 8. The summed E-state index contributed by atoms with van der Waals surface area (Å²) >= 11 is 0. The molecule has 0 bridgehead atoms. The topological polar surface area (TPSA) is 0 Å². The van der Waals surface area contributed by atoms with Crippen molar-refractivity contribution >= 4 is 21.5 Å². The Labute approximate surface area is 282 Å². The molecular formula is C48H34. The summed E-state index contributed by atoms with van der Waals surface area (Å²) in [5.41, 5.74) is 15.5. The molecule has 0 unspecified atom stereocenters. The molecule has 0 saturated carbocycles. The maximum Gasteiger partial charge on any atom is 0.0720 e. The van der Waals surface area contributed by atoms with Crippen LogP contribution >= 0.6 is 0 Å². The second-order valence-corrected chi connectivity index (χ2v) is 14.0. The Morgan fingerprint density at radius 3 is 1.50 bits per heavy atom. The van der Waals surface area contributed by atoms with E-state index in [9.17, 15) is 0 Å². The Bertz CT molecular complexity index is 2530. The Hall–Kier alpha value is -5.72. The van der Waals surface area contributed by atoms with Crippen molar-refractivity contribution in [3.05, 3.63) is 203 Å². The highest BCUT2D eigenvalue weighted by atomic mass is 14.5. The van der Waals surface area contributed by atoms with Gasteiger partial charge in [0.15, 0.2) is 0 Å². The van der Waals surface area contributed by atoms with Gasteiger partial charge in [0.2, 0.25) is 0 Å². The molecule has 0 heterocycles. The molecule has 0 saturated heterocycles. The zero-order valence-electron chi connectivity index (χ0n) is 27.2. The minimum atomic E-state index is -0.501. The fraction of sp³-hybridized carbons (Fsp3) is 0.0833. The van der Waals surface area contributed by atoms with Crippen LogP contribution in [0.25, 0.3) is 54.9 Å². The molecule has 226 valence electrons. The maximum absolute atomic E-state index is 2.51. The first-order valence-electron chi connectivity index (χ1n) is 17.0. The minimum Gasteiger partial charge on any atom is -0.0622 e. The monoisotopic (exact) mass is 610 g/mol. The predicted octanol–water partition coefficient (Wildman–Crippen LogP) is 12.3. The third-order valence-corrected chi connectivity index (χ3v) is 11.3. The van der Waals surface area contributed by atoms with Crippen molar-refractivity contribution in [1.29, 1.82) is 0 Å². The molecule has 0 nitrogen and oxygen atoms in total. The van der Waals surface area contributed by atoms with Crippen LogP contribution in [0.2, 0.25) is 0 Å². The van der Waals surface area contributed by atoms with Gasteiger partial charge in [-0.3, -0.25) is 0 Å². The summed E-state index contributed by atoms with van der Waals surface area (Å²) in [6, 6.07) is 63.7. The lowest BCUT2D eigenvalue weighted by Crippen LogP contribution is -2.29. The minimum absolute atomic E-state index is 0.0510. The van der Waals surface area contributed by atoms with E-state index in [2.05, 4.69) is 184 Å². The lowest BCUT2D eigenvalue weighted by molar-refractivity contribution is 0.660. The molecule has 0 aromatic heterocycles. The molecule has 0 N–H and O–H groups in total. The summed E-state index contributed by atoms with van der Waals surface area (Å²) in [5.74, 6) is 0. The van der Waals surface area contributed by atoms with Crippen molar-refractivity contribution < 1.29 is 0 Å². The molecule has 0 atom stereocenters. The Kier molecular flexibility index (Phi) is 5.65. The van der Waals surface area contributed by atoms with Crippen molar-refractivity contribution in [2.75, 3.05) is 0 Å². The largest absolute Gasteiger partial charge is 0.0720 e. The van der Waals surface area contributed by atoms with Gasteiger partial charge in [-0.05, 0) is 100 Å². The average molecular weight is 611 g/mol. The zero-order valence-corrected chi connectivity index (χ0v) is 27.2. The summed E-state index contributed by atoms with van der Waals surface area (Å²) in [7, 11) is 0. The molecule has 8 aromatic carbocycles. The molecule has 8 aromatic rings.